The van der Waals surface area contributed by atoms with Gasteiger partial charge in [-0.2, -0.15) is 0 Å². The number of hydrogen-bond donors (Lipinski definition) is 0. The minimum Gasteiger partial charge on any atom is -0.405 e. The molecule has 0 saturated heterocycles. The molecule has 0 aromatic heterocycles. The molecule has 5 heteroatoms. The van der Waals surface area contributed by atoms with Gasteiger partial charge in [-0.3, -0.25) is 0 Å². The maximum atomic E-state index is 12.0. The molecule has 15 heavy (non-hydrogen) atoms. The minimum atomic E-state index is -4.70. The van der Waals surface area contributed by atoms with Gasteiger partial charge in [0, 0.05) is 5.02 Å². The second kappa shape index (κ2) is 4.31. The molecule has 0 spiro atoms. The zero-order chi connectivity index (χ0) is 11.6. The van der Waals surface area contributed by atoms with Crippen LogP contribution in [0.25, 0.3) is 0 Å². The Morgan fingerprint density at radius 1 is 1.40 bits per heavy atom. The first-order valence-corrected chi connectivity index (χ1v) is 4.55. The third-order valence-electron chi connectivity index (χ3n) is 1.73. The molecule has 1 unspecified atom stereocenters. The molecule has 0 fully saturated rings. The highest BCUT2D eigenvalue weighted by atomic mass is 35.5. The van der Waals surface area contributed by atoms with Crippen LogP contribution >= 0.6 is 11.6 Å². The Morgan fingerprint density at radius 2 is 2.00 bits per heavy atom. The van der Waals surface area contributed by atoms with E-state index in [0.29, 0.717) is 10.6 Å². The van der Waals surface area contributed by atoms with Crippen LogP contribution in [0.5, 0.6) is 5.75 Å². The Balaban J connectivity index is 3.06. The molecule has 0 bridgehead atoms. The predicted octanol–water partition coefficient (Wildman–Crippen LogP) is 4.18. The molecule has 1 rings (SSSR count). The summed E-state index contributed by atoms with van der Waals surface area (Å²) in [5.74, 6) is -0.588. The Hall–Kier alpha value is -0.900. The second-order valence-corrected chi connectivity index (χ2v) is 3.57. The molecule has 0 heterocycles. The van der Waals surface area contributed by atoms with Crippen LogP contribution in [0.15, 0.2) is 18.2 Å². The monoisotopic (exact) mass is 237 g/mol. The van der Waals surface area contributed by atoms with Gasteiger partial charge in [0.25, 0.3) is 0 Å². The Labute approximate surface area is 90.8 Å². The molecule has 1 aromatic carbocycles. The van der Waals surface area contributed by atoms with Gasteiger partial charge in [0.2, 0.25) is 0 Å². The summed E-state index contributed by atoms with van der Waals surface area (Å²) in [5, 5.41) is 0.357. The zero-order valence-corrected chi connectivity index (χ0v) is 8.69. The predicted molar refractivity (Wildman–Crippen MR) is 51.9 cm³/mol. The lowest BCUT2D eigenvalue weighted by atomic mass is 10.0. The highest BCUT2D eigenvalue weighted by Crippen LogP contribution is 2.32. The van der Waals surface area contributed by atoms with Gasteiger partial charge in [0.1, 0.15) is 5.75 Å². The molecule has 0 N–H and O–H groups in total. The van der Waals surface area contributed by atoms with E-state index in [-0.39, 0.29) is 11.7 Å². The van der Waals surface area contributed by atoms with Gasteiger partial charge >= 0.3 is 6.36 Å². The average Bonchev–Trinajstić information content (AvgIpc) is 2.05. The number of rotatable bonds is 2. The standard InChI is InChI=1S/C10H9ClF3O/c1-6(2)8-5-7(11)3-4-9(8)15-10(12,13)14/h3-6H,1H2,2H3. The Bertz CT molecular complexity index is 347. The van der Waals surface area contributed by atoms with E-state index in [2.05, 4.69) is 11.7 Å². The molecule has 1 radical (unpaired) electrons. The van der Waals surface area contributed by atoms with Crippen LogP contribution in [0, 0.1) is 6.92 Å². The van der Waals surface area contributed by atoms with E-state index in [0.717, 1.165) is 0 Å². The molecule has 0 saturated carbocycles. The number of halogens is 4. The molecule has 0 aliphatic carbocycles. The summed E-state index contributed by atoms with van der Waals surface area (Å²) in [6.07, 6.45) is -4.70. The van der Waals surface area contributed by atoms with Crippen molar-refractivity contribution in [2.75, 3.05) is 0 Å². The maximum absolute atomic E-state index is 12.0. The van der Waals surface area contributed by atoms with Crippen molar-refractivity contribution in [1.29, 1.82) is 0 Å². The number of ether oxygens (including phenoxy) is 1. The third kappa shape index (κ3) is 3.63. The maximum Gasteiger partial charge on any atom is 0.573 e. The summed E-state index contributed by atoms with van der Waals surface area (Å²) in [7, 11) is 0. The van der Waals surface area contributed by atoms with Crippen molar-refractivity contribution in [1.82, 2.24) is 0 Å². The fraction of sp³-hybridized carbons (Fsp3) is 0.300. The molecule has 1 aromatic rings. The number of alkyl halides is 3. The van der Waals surface area contributed by atoms with E-state index < -0.39 is 6.36 Å². The Morgan fingerprint density at radius 3 is 2.47 bits per heavy atom. The second-order valence-electron chi connectivity index (χ2n) is 3.13. The van der Waals surface area contributed by atoms with Crippen molar-refractivity contribution in [3.63, 3.8) is 0 Å². The highest BCUT2D eigenvalue weighted by Gasteiger charge is 2.32. The first-order valence-electron chi connectivity index (χ1n) is 4.18. The van der Waals surface area contributed by atoms with Crippen molar-refractivity contribution in [2.24, 2.45) is 0 Å². The molecule has 1 atom stereocenters. The molecule has 0 amide bonds. The van der Waals surface area contributed by atoms with Crippen LogP contribution in [-0.2, 0) is 0 Å². The highest BCUT2D eigenvalue weighted by molar-refractivity contribution is 6.30. The molecular weight excluding hydrogens is 229 g/mol. The average molecular weight is 238 g/mol. The molecule has 1 nitrogen and oxygen atoms in total. The molecular formula is C10H9ClF3O. The van der Waals surface area contributed by atoms with Gasteiger partial charge in [0.15, 0.2) is 0 Å². The Kier molecular flexibility index (Phi) is 3.50. The van der Waals surface area contributed by atoms with Gasteiger partial charge in [0.05, 0.1) is 0 Å². The SMILES string of the molecule is [CH2]C(C)c1cc(Cl)ccc1OC(F)(F)F. The lowest BCUT2D eigenvalue weighted by molar-refractivity contribution is -0.274. The number of hydrogen-bond acceptors (Lipinski definition) is 1. The lowest BCUT2D eigenvalue weighted by Gasteiger charge is -2.15. The summed E-state index contributed by atoms with van der Waals surface area (Å²) >= 11 is 5.67. The van der Waals surface area contributed by atoms with Crippen molar-refractivity contribution in [3.05, 3.63) is 35.7 Å². The van der Waals surface area contributed by atoms with E-state index in [4.69, 9.17) is 11.6 Å². The van der Waals surface area contributed by atoms with E-state index >= 15 is 0 Å². The fourth-order valence-corrected chi connectivity index (χ4v) is 1.30. The van der Waals surface area contributed by atoms with Crippen molar-refractivity contribution in [3.8, 4) is 5.75 Å². The van der Waals surface area contributed by atoms with Crippen LogP contribution in [0.4, 0.5) is 13.2 Å². The fourth-order valence-electron chi connectivity index (χ4n) is 1.12. The molecule has 0 aliphatic rings. The van der Waals surface area contributed by atoms with Crippen molar-refractivity contribution < 1.29 is 17.9 Å². The van der Waals surface area contributed by atoms with Crippen LogP contribution in [0.1, 0.15) is 18.4 Å². The summed E-state index contributed by atoms with van der Waals surface area (Å²) in [4.78, 5) is 0. The van der Waals surface area contributed by atoms with Crippen LogP contribution in [-0.4, -0.2) is 6.36 Å². The number of benzene rings is 1. The molecule has 0 aliphatic heterocycles. The topological polar surface area (TPSA) is 9.23 Å². The van der Waals surface area contributed by atoms with Crippen LogP contribution < -0.4 is 4.74 Å². The third-order valence-corrected chi connectivity index (χ3v) is 1.96. The first kappa shape index (κ1) is 12.2. The molecule has 83 valence electrons. The summed E-state index contributed by atoms with van der Waals surface area (Å²) in [6, 6.07) is 3.95. The van der Waals surface area contributed by atoms with E-state index in [1.165, 1.54) is 18.2 Å². The smallest absolute Gasteiger partial charge is 0.405 e. The minimum absolute atomic E-state index is 0.255. The van der Waals surface area contributed by atoms with E-state index in [1.807, 2.05) is 0 Å². The summed E-state index contributed by atoms with van der Waals surface area (Å²) < 4.78 is 39.9. The lowest BCUT2D eigenvalue weighted by Crippen LogP contribution is -2.18. The van der Waals surface area contributed by atoms with Crippen LogP contribution in [0.3, 0.4) is 0 Å². The van der Waals surface area contributed by atoms with E-state index in [1.54, 1.807) is 6.92 Å². The summed E-state index contributed by atoms with van der Waals surface area (Å²) in [5.41, 5.74) is 0.333. The van der Waals surface area contributed by atoms with Gasteiger partial charge in [-0.25, -0.2) is 0 Å². The zero-order valence-electron chi connectivity index (χ0n) is 7.94. The van der Waals surface area contributed by atoms with Gasteiger partial charge in [-0.1, -0.05) is 18.5 Å². The van der Waals surface area contributed by atoms with Crippen molar-refractivity contribution >= 4 is 11.6 Å². The van der Waals surface area contributed by atoms with Crippen molar-refractivity contribution in [2.45, 2.75) is 19.2 Å². The van der Waals surface area contributed by atoms with Crippen LogP contribution in [0.2, 0.25) is 5.02 Å². The normalized spacial score (nSPS) is 11.9. The van der Waals surface area contributed by atoms with Gasteiger partial charge in [-0.05, 0) is 36.6 Å². The van der Waals surface area contributed by atoms with Gasteiger partial charge < -0.3 is 4.74 Å². The first-order chi connectivity index (χ1) is 6.79. The van der Waals surface area contributed by atoms with E-state index in [9.17, 15) is 13.2 Å². The van der Waals surface area contributed by atoms with Gasteiger partial charge in [-0.15, -0.1) is 13.2 Å². The largest absolute Gasteiger partial charge is 0.573 e. The summed E-state index contributed by atoms with van der Waals surface area (Å²) in [6.45, 7) is 5.30. The quantitative estimate of drug-likeness (QED) is 0.750.